The molecule has 1 fully saturated rings. The van der Waals surface area contributed by atoms with Gasteiger partial charge < -0.3 is 5.32 Å². The number of benzene rings is 1. The molecule has 1 aromatic carbocycles. The van der Waals surface area contributed by atoms with Gasteiger partial charge in [-0.1, -0.05) is 31.4 Å². The molecule has 0 aliphatic heterocycles. The zero-order valence-electron chi connectivity index (χ0n) is 12.1. The Hall–Kier alpha value is -1.84. The fourth-order valence-electron chi connectivity index (χ4n) is 3.12. The second kappa shape index (κ2) is 5.27. The van der Waals surface area contributed by atoms with E-state index in [-0.39, 0.29) is 5.91 Å². The van der Waals surface area contributed by atoms with Gasteiger partial charge in [0.05, 0.1) is 5.52 Å². The molecule has 3 rings (SSSR count). The Kier molecular flexibility index (Phi) is 3.47. The SMILES string of the molecule is Cc1ccc2[nH]nc(C(=O)NC3CCCC(C)C3)c2c1. The molecule has 0 bridgehead atoms. The van der Waals surface area contributed by atoms with Gasteiger partial charge in [0.1, 0.15) is 0 Å². The average molecular weight is 271 g/mol. The minimum atomic E-state index is -0.0547. The quantitative estimate of drug-likeness (QED) is 0.881. The molecule has 1 aliphatic carbocycles. The highest BCUT2D eigenvalue weighted by molar-refractivity contribution is 6.04. The van der Waals surface area contributed by atoms with E-state index < -0.39 is 0 Å². The topological polar surface area (TPSA) is 57.8 Å². The van der Waals surface area contributed by atoms with E-state index in [1.165, 1.54) is 12.8 Å². The molecule has 2 aromatic rings. The van der Waals surface area contributed by atoms with Crippen LogP contribution in [0.5, 0.6) is 0 Å². The van der Waals surface area contributed by atoms with Crippen LogP contribution in [0.15, 0.2) is 18.2 Å². The van der Waals surface area contributed by atoms with E-state index in [0.717, 1.165) is 29.3 Å². The Bertz CT molecular complexity index is 632. The maximum Gasteiger partial charge on any atom is 0.272 e. The third-order valence-corrected chi connectivity index (χ3v) is 4.21. The Labute approximate surface area is 119 Å². The molecule has 1 aromatic heterocycles. The summed E-state index contributed by atoms with van der Waals surface area (Å²) in [5.41, 5.74) is 2.57. The predicted octanol–water partition coefficient (Wildman–Crippen LogP) is 3.18. The van der Waals surface area contributed by atoms with Crippen molar-refractivity contribution in [3.05, 3.63) is 29.5 Å². The zero-order valence-corrected chi connectivity index (χ0v) is 12.1. The van der Waals surface area contributed by atoms with Crippen LogP contribution in [0.4, 0.5) is 0 Å². The molecule has 1 aliphatic rings. The maximum absolute atomic E-state index is 12.4. The van der Waals surface area contributed by atoms with Crippen molar-refractivity contribution in [2.75, 3.05) is 0 Å². The lowest BCUT2D eigenvalue weighted by Crippen LogP contribution is -2.38. The Morgan fingerprint density at radius 2 is 2.25 bits per heavy atom. The van der Waals surface area contributed by atoms with E-state index in [4.69, 9.17) is 0 Å². The summed E-state index contributed by atoms with van der Waals surface area (Å²) in [7, 11) is 0. The van der Waals surface area contributed by atoms with Crippen molar-refractivity contribution in [3.8, 4) is 0 Å². The van der Waals surface area contributed by atoms with E-state index in [1.807, 2.05) is 25.1 Å². The second-order valence-corrected chi connectivity index (χ2v) is 6.06. The average Bonchev–Trinajstić information content (AvgIpc) is 2.81. The summed E-state index contributed by atoms with van der Waals surface area (Å²) in [6.45, 7) is 4.28. The molecular formula is C16H21N3O. The number of hydrogen-bond acceptors (Lipinski definition) is 2. The highest BCUT2D eigenvalue weighted by atomic mass is 16.2. The number of nitrogens with one attached hydrogen (secondary N) is 2. The lowest BCUT2D eigenvalue weighted by atomic mass is 9.87. The number of aryl methyl sites for hydroxylation is 1. The van der Waals surface area contributed by atoms with Gasteiger partial charge in [0.15, 0.2) is 5.69 Å². The van der Waals surface area contributed by atoms with Crippen LogP contribution in [-0.4, -0.2) is 22.1 Å². The monoisotopic (exact) mass is 271 g/mol. The fraction of sp³-hybridized carbons (Fsp3) is 0.500. The molecule has 1 heterocycles. The van der Waals surface area contributed by atoms with Crippen molar-refractivity contribution in [1.82, 2.24) is 15.5 Å². The first kappa shape index (κ1) is 13.2. The molecule has 0 spiro atoms. The molecule has 2 atom stereocenters. The van der Waals surface area contributed by atoms with Crippen molar-refractivity contribution in [2.24, 2.45) is 5.92 Å². The fourth-order valence-corrected chi connectivity index (χ4v) is 3.12. The van der Waals surface area contributed by atoms with E-state index in [1.54, 1.807) is 0 Å². The predicted molar refractivity (Wildman–Crippen MR) is 79.7 cm³/mol. The number of nitrogens with zero attached hydrogens (tertiary/aromatic N) is 1. The number of carbonyl (C=O) groups is 1. The van der Waals surface area contributed by atoms with E-state index >= 15 is 0 Å². The minimum Gasteiger partial charge on any atom is -0.348 e. The van der Waals surface area contributed by atoms with E-state index in [0.29, 0.717) is 17.7 Å². The van der Waals surface area contributed by atoms with Crippen LogP contribution < -0.4 is 5.32 Å². The Morgan fingerprint density at radius 3 is 3.05 bits per heavy atom. The lowest BCUT2D eigenvalue weighted by Gasteiger charge is -2.27. The van der Waals surface area contributed by atoms with Crippen molar-refractivity contribution >= 4 is 16.8 Å². The number of aromatic amines is 1. The van der Waals surface area contributed by atoms with E-state index in [9.17, 15) is 4.79 Å². The first-order valence-electron chi connectivity index (χ1n) is 7.39. The number of carbonyl (C=O) groups excluding carboxylic acids is 1. The van der Waals surface area contributed by atoms with Crippen LogP contribution in [-0.2, 0) is 0 Å². The summed E-state index contributed by atoms with van der Waals surface area (Å²) in [5.74, 6) is 0.646. The van der Waals surface area contributed by atoms with Gasteiger partial charge in [0, 0.05) is 11.4 Å². The summed E-state index contributed by atoms with van der Waals surface area (Å²) < 4.78 is 0. The minimum absolute atomic E-state index is 0.0547. The molecule has 4 heteroatoms. The molecule has 0 saturated heterocycles. The molecular weight excluding hydrogens is 250 g/mol. The highest BCUT2D eigenvalue weighted by Gasteiger charge is 2.22. The lowest BCUT2D eigenvalue weighted by molar-refractivity contribution is 0.0918. The zero-order chi connectivity index (χ0) is 14.1. The standard InChI is InChI=1S/C16H21N3O/c1-10-4-3-5-12(8-10)17-16(20)15-13-9-11(2)6-7-14(13)18-19-15/h6-7,9-10,12H,3-5,8H2,1-2H3,(H,17,20)(H,18,19). The molecule has 106 valence electrons. The molecule has 1 saturated carbocycles. The summed E-state index contributed by atoms with van der Waals surface area (Å²) in [4.78, 5) is 12.4. The summed E-state index contributed by atoms with van der Waals surface area (Å²) in [6.07, 6.45) is 4.63. The van der Waals surface area contributed by atoms with E-state index in [2.05, 4.69) is 22.4 Å². The van der Waals surface area contributed by atoms with Crippen molar-refractivity contribution in [2.45, 2.75) is 45.6 Å². The normalized spacial score (nSPS) is 22.9. The van der Waals surface area contributed by atoms with Gasteiger partial charge in [-0.3, -0.25) is 9.89 Å². The first-order valence-corrected chi connectivity index (χ1v) is 7.39. The molecule has 20 heavy (non-hydrogen) atoms. The van der Waals surface area contributed by atoms with Crippen molar-refractivity contribution in [1.29, 1.82) is 0 Å². The van der Waals surface area contributed by atoms with Crippen LogP contribution in [0.25, 0.3) is 10.9 Å². The molecule has 2 N–H and O–H groups in total. The number of aromatic nitrogens is 2. The Balaban J connectivity index is 1.80. The molecule has 1 amide bonds. The number of fused-ring (bicyclic) bond motifs is 1. The molecule has 2 unspecified atom stereocenters. The van der Waals surface area contributed by atoms with Gasteiger partial charge in [-0.05, 0) is 37.8 Å². The number of amides is 1. The third-order valence-electron chi connectivity index (χ3n) is 4.21. The summed E-state index contributed by atoms with van der Waals surface area (Å²) >= 11 is 0. The Morgan fingerprint density at radius 1 is 1.40 bits per heavy atom. The van der Waals surface area contributed by atoms with Gasteiger partial charge in [0.2, 0.25) is 0 Å². The van der Waals surface area contributed by atoms with Crippen LogP contribution in [0.2, 0.25) is 0 Å². The number of hydrogen-bond donors (Lipinski definition) is 2. The van der Waals surface area contributed by atoms with Gasteiger partial charge in [-0.15, -0.1) is 0 Å². The van der Waals surface area contributed by atoms with Gasteiger partial charge in [0.25, 0.3) is 5.91 Å². The maximum atomic E-state index is 12.4. The second-order valence-electron chi connectivity index (χ2n) is 6.06. The smallest absolute Gasteiger partial charge is 0.272 e. The summed E-state index contributed by atoms with van der Waals surface area (Å²) in [6, 6.07) is 6.29. The molecule has 0 radical (unpaired) electrons. The van der Waals surface area contributed by atoms with Crippen LogP contribution in [0.3, 0.4) is 0 Å². The van der Waals surface area contributed by atoms with Crippen LogP contribution in [0, 0.1) is 12.8 Å². The van der Waals surface area contributed by atoms with Crippen molar-refractivity contribution in [3.63, 3.8) is 0 Å². The van der Waals surface area contributed by atoms with Gasteiger partial charge in [-0.2, -0.15) is 5.10 Å². The van der Waals surface area contributed by atoms with Crippen LogP contribution in [0.1, 0.15) is 48.7 Å². The molecule has 4 nitrogen and oxygen atoms in total. The van der Waals surface area contributed by atoms with Crippen molar-refractivity contribution < 1.29 is 4.79 Å². The highest BCUT2D eigenvalue weighted by Crippen LogP contribution is 2.24. The van der Waals surface area contributed by atoms with Gasteiger partial charge >= 0.3 is 0 Å². The summed E-state index contributed by atoms with van der Waals surface area (Å²) in [5, 5.41) is 11.2. The van der Waals surface area contributed by atoms with Crippen LogP contribution >= 0.6 is 0 Å². The first-order chi connectivity index (χ1) is 9.63. The number of rotatable bonds is 2. The number of H-pyrrole nitrogens is 1. The largest absolute Gasteiger partial charge is 0.348 e. The third kappa shape index (κ3) is 2.55. The van der Waals surface area contributed by atoms with Gasteiger partial charge in [-0.25, -0.2) is 0 Å².